The summed E-state index contributed by atoms with van der Waals surface area (Å²) in [5.74, 6) is 0. The van der Waals surface area contributed by atoms with E-state index in [1.807, 2.05) is 18.2 Å². The highest BCUT2D eigenvalue weighted by molar-refractivity contribution is 7.09. The number of benzene rings is 1. The molecule has 1 N–H and O–H groups in total. The Morgan fingerprint density at radius 2 is 2.00 bits per heavy atom. The molecule has 3 rings (SSSR count). The fourth-order valence-electron chi connectivity index (χ4n) is 1.81. The van der Waals surface area contributed by atoms with Gasteiger partial charge in [0, 0.05) is 17.1 Å². The first kappa shape index (κ1) is 13.1. The lowest BCUT2D eigenvalue weighted by Crippen LogP contribution is -1.99. The van der Waals surface area contributed by atoms with Crippen molar-refractivity contribution < 1.29 is 0 Å². The van der Waals surface area contributed by atoms with Crippen LogP contribution in [0, 0.1) is 0 Å². The number of pyridine rings is 1. The first-order chi connectivity index (χ1) is 9.83. The number of nitrogens with zero attached hydrogens (tertiary/aromatic N) is 2. The van der Waals surface area contributed by atoms with Gasteiger partial charge in [0.05, 0.1) is 29.1 Å². The number of nitrogens with one attached hydrogen (secondary N) is 1. The van der Waals surface area contributed by atoms with Crippen molar-refractivity contribution in [2.45, 2.75) is 6.54 Å². The zero-order chi connectivity index (χ0) is 13.8. The van der Waals surface area contributed by atoms with Gasteiger partial charge in [-0.3, -0.25) is 4.98 Å². The molecule has 2 aromatic heterocycles. The highest BCUT2D eigenvalue weighted by Gasteiger charge is 2.05. The molecule has 0 unspecified atom stereocenters. The standard InChI is InChI=1S/C15H12ClN3S/c16-12-6-7-17-8-13(12)18-9-15-19-14(10-20-15)11-4-2-1-3-5-11/h1-8,10,18H,9H2. The molecule has 20 heavy (non-hydrogen) atoms. The third-order valence-corrected chi connectivity index (χ3v) is 4.00. The quantitative estimate of drug-likeness (QED) is 0.772. The second-order valence-corrected chi connectivity index (χ2v) is 5.55. The van der Waals surface area contributed by atoms with Gasteiger partial charge in [0.15, 0.2) is 0 Å². The Bertz CT molecular complexity index is 697. The molecule has 0 bridgehead atoms. The fourth-order valence-corrected chi connectivity index (χ4v) is 2.73. The SMILES string of the molecule is Clc1ccncc1NCc1nc(-c2ccccc2)cs1. The summed E-state index contributed by atoms with van der Waals surface area (Å²) in [7, 11) is 0. The number of hydrogen-bond donors (Lipinski definition) is 1. The van der Waals surface area contributed by atoms with Crippen LogP contribution in [0.5, 0.6) is 0 Å². The second kappa shape index (κ2) is 6.03. The molecule has 0 radical (unpaired) electrons. The van der Waals surface area contributed by atoms with Crippen LogP contribution in [0.1, 0.15) is 5.01 Å². The van der Waals surface area contributed by atoms with E-state index >= 15 is 0 Å². The van der Waals surface area contributed by atoms with Crippen molar-refractivity contribution in [1.82, 2.24) is 9.97 Å². The van der Waals surface area contributed by atoms with E-state index in [0.29, 0.717) is 11.6 Å². The van der Waals surface area contributed by atoms with Crippen molar-refractivity contribution in [3.63, 3.8) is 0 Å². The smallest absolute Gasteiger partial charge is 0.112 e. The maximum absolute atomic E-state index is 6.07. The van der Waals surface area contributed by atoms with Gasteiger partial charge in [-0.2, -0.15) is 0 Å². The fraction of sp³-hybridized carbons (Fsp3) is 0.0667. The monoisotopic (exact) mass is 301 g/mol. The third-order valence-electron chi connectivity index (χ3n) is 2.82. The van der Waals surface area contributed by atoms with Gasteiger partial charge in [0.25, 0.3) is 0 Å². The lowest BCUT2D eigenvalue weighted by molar-refractivity contribution is 1.10. The van der Waals surface area contributed by atoms with Crippen molar-refractivity contribution in [3.8, 4) is 11.3 Å². The Morgan fingerprint density at radius 3 is 2.80 bits per heavy atom. The van der Waals surface area contributed by atoms with Crippen LogP contribution < -0.4 is 5.32 Å². The van der Waals surface area contributed by atoms with E-state index in [1.165, 1.54) is 0 Å². The van der Waals surface area contributed by atoms with Crippen LogP contribution in [0.15, 0.2) is 54.2 Å². The molecule has 0 saturated carbocycles. The molecule has 0 amide bonds. The van der Waals surface area contributed by atoms with Crippen LogP contribution in [-0.2, 0) is 6.54 Å². The summed E-state index contributed by atoms with van der Waals surface area (Å²) >= 11 is 7.70. The number of rotatable bonds is 4. The summed E-state index contributed by atoms with van der Waals surface area (Å²) in [6.07, 6.45) is 3.39. The van der Waals surface area contributed by atoms with Gasteiger partial charge in [-0.1, -0.05) is 41.9 Å². The van der Waals surface area contributed by atoms with Gasteiger partial charge in [-0.25, -0.2) is 4.98 Å². The molecule has 100 valence electrons. The maximum atomic E-state index is 6.07. The van der Waals surface area contributed by atoms with Crippen LogP contribution >= 0.6 is 22.9 Å². The molecule has 0 aliphatic rings. The first-order valence-electron chi connectivity index (χ1n) is 6.16. The van der Waals surface area contributed by atoms with E-state index in [2.05, 4.69) is 32.8 Å². The van der Waals surface area contributed by atoms with Gasteiger partial charge < -0.3 is 5.32 Å². The van der Waals surface area contributed by atoms with E-state index in [1.54, 1.807) is 29.8 Å². The van der Waals surface area contributed by atoms with Gasteiger partial charge in [-0.15, -0.1) is 11.3 Å². The number of anilines is 1. The second-order valence-electron chi connectivity index (χ2n) is 4.20. The summed E-state index contributed by atoms with van der Waals surface area (Å²) in [6.45, 7) is 0.642. The summed E-state index contributed by atoms with van der Waals surface area (Å²) in [5, 5.41) is 7.00. The highest BCUT2D eigenvalue weighted by atomic mass is 35.5. The Balaban J connectivity index is 1.71. The number of aromatic nitrogens is 2. The summed E-state index contributed by atoms with van der Waals surface area (Å²) in [5.41, 5.74) is 2.96. The van der Waals surface area contributed by atoms with Crippen LogP contribution in [0.2, 0.25) is 5.02 Å². The van der Waals surface area contributed by atoms with Gasteiger partial charge >= 0.3 is 0 Å². The molecule has 3 aromatic rings. The average Bonchev–Trinajstić information content (AvgIpc) is 2.96. The molecular formula is C15H12ClN3S. The molecule has 3 nitrogen and oxygen atoms in total. The molecule has 5 heteroatoms. The lowest BCUT2D eigenvalue weighted by Gasteiger charge is -2.05. The van der Waals surface area contributed by atoms with E-state index in [-0.39, 0.29) is 0 Å². The molecule has 0 fully saturated rings. The predicted octanol–water partition coefficient (Wildman–Crippen LogP) is 4.47. The highest BCUT2D eigenvalue weighted by Crippen LogP contribution is 2.23. The van der Waals surface area contributed by atoms with Gasteiger partial charge in [0.2, 0.25) is 0 Å². The Morgan fingerprint density at radius 1 is 1.15 bits per heavy atom. The topological polar surface area (TPSA) is 37.8 Å². The van der Waals surface area contributed by atoms with Gasteiger partial charge in [0.1, 0.15) is 5.01 Å². The van der Waals surface area contributed by atoms with E-state index < -0.39 is 0 Å². The molecule has 1 aromatic carbocycles. The van der Waals surface area contributed by atoms with Crippen molar-refractivity contribution in [2.24, 2.45) is 0 Å². The summed E-state index contributed by atoms with van der Waals surface area (Å²) < 4.78 is 0. The Kier molecular flexibility index (Phi) is 3.95. The Hall–Kier alpha value is -1.91. The number of halogens is 1. The minimum Gasteiger partial charge on any atom is -0.376 e. The number of hydrogen-bond acceptors (Lipinski definition) is 4. The molecule has 0 aliphatic carbocycles. The third kappa shape index (κ3) is 2.98. The van der Waals surface area contributed by atoms with E-state index in [0.717, 1.165) is 22.0 Å². The number of thiazole rings is 1. The van der Waals surface area contributed by atoms with Crippen LogP contribution in [-0.4, -0.2) is 9.97 Å². The molecule has 0 saturated heterocycles. The zero-order valence-corrected chi connectivity index (χ0v) is 12.2. The van der Waals surface area contributed by atoms with Crippen LogP contribution in [0.25, 0.3) is 11.3 Å². The minimum atomic E-state index is 0.642. The van der Waals surface area contributed by atoms with Crippen LogP contribution in [0.3, 0.4) is 0 Å². The first-order valence-corrected chi connectivity index (χ1v) is 7.42. The van der Waals surface area contributed by atoms with E-state index in [4.69, 9.17) is 11.6 Å². The minimum absolute atomic E-state index is 0.642. The summed E-state index contributed by atoms with van der Waals surface area (Å²) in [6, 6.07) is 11.9. The molecule has 0 spiro atoms. The molecular weight excluding hydrogens is 290 g/mol. The van der Waals surface area contributed by atoms with Crippen molar-refractivity contribution in [1.29, 1.82) is 0 Å². The Labute approximate surface area is 126 Å². The molecule has 0 aliphatic heterocycles. The zero-order valence-electron chi connectivity index (χ0n) is 10.6. The largest absolute Gasteiger partial charge is 0.376 e. The maximum Gasteiger partial charge on any atom is 0.112 e. The van der Waals surface area contributed by atoms with Crippen molar-refractivity contribution >= 4 is 28.6 Å². The predicted molar refractivity (Wildman–Crippen MR) is 84.1 cm³/mol. The molecule has 2 heterocycles. The van der Waals surface area contributed by atoms with E-state index in [9.17, 15) is 0 Å². The van der Waals surface area contributed by atoms with Crippen LogP contribution in [0.4, 0.5) is 5.69 Å². The van der Waals surface area contributed by atoms with Gasteiger partial charge in [-0.05, 0) is 6.07 Å². The average molecular weight is 302 g/mol. The van der Waals surface area contributed by atoms with Crippen molar-refractivity contribution in [3.05, 3.63) is 64.2 Å². The van der Waals surface area contributed by atoms with Crippen molar-refractivity contribution in [2.75, 3.05) is 5.32 Å². The normalized spacial score (nSPS) is 10.4. The summed E-state index contributed by atoms with van der Waals surface area (Å²) in [4.78, 5) is 8.66. The molecule has 0 atom stereocenters. The lowest BCUT2D eigenvalue weighted by atomic mass is 10.2.